The van der Waals surface area contributed by atoms with Crippen LogP contribution in [0.3, 0.4) is 0 Å². The molecule has 1 aromatic carbocycles. The number of nitrogens with zero attached hydrogens (tertiary/aromatic N) is 4. The number of benzene rings is 1. The third-order valence-corrected chi connectivity index (χ3v) is 5.07. The number of aromatic amines is 1. The van der Waals surface area contributed by atoms with Gasteiger partial charge in [-0.15, -0.1) is 0 Å². The lowest BCUT2D eigenvalue weighted by Crippen LogP contribution is -2.41. The van der Waals surface area contributed by atoms with Gasteiger partial charge in [0.25, 0.3) is 0 Å². The highest BCUT2D eigenvalue weighted by atomic mass is 15.3. The largest absolute Gasteiger partial charge is 0.356 e. The van der Waals surface area contributed by atoms with E-state index in [9.17, 15) is 0 Å². The van der Waals surface area contributed by atoms with Crippen molar-refractivity contribution in [2.24, 2.45) is 10.9 Å². The minimum Gasteiger partial charge on any atom is -0.356 e. The van der Waals surface area contributed by atoms with Gasteiger partial charge in [0.15, 0.2) is 5.96 Å². The number of aliphatic imine (C=N–C) groups is 1. The first-order chi connectivity index (χ1) is 14.1. The second-order valence-electron chi connectivity index (χ2n) is 7.53. The number of imidazole rings is 1. The van der Waals surface area contributed by atoms with Crippen LogP contribution in [-0.2, 0) is 6.54 Å². The molecule has 3 rings (SSSR count). The van der Waals surface area contributed by atoms with E-state index in [-0.39, 0.29) is 0 Å². The Labute approximate surface area is 173 Å². The second kappa shape index (κ2) is 9.87. The van der Waals surface area contributed by atoms with Gasteiger partial charge < -0.3 is 15.2 Å². The molecule has 1 unspecified atom stereocenters. The summed E-state index contributed by atoms with van der Waals surface area (Å²) in [4.78, 5) is 18.7. The molecule has 2 N–H and O–H groups in total. The molecule has 1 atom stereocenters. The van der Waals surface area contributed by atoms with Crippen LogP contribution >= 0.6 is 0 Å². The number of nitrogens with one attached hydrogen (secondary N) is 2. The van der Waals surface area contributed by atoms with Gasteiger partial charge in [-0.05, 0) is 23.1 Å². The molecule has 6 nitrogen and oxygen atoms in total. The van der Waals surface area contributed by atoms with Gasteiger partial charge in [0.05, 0.1) is 18.4 Å². The van der Waals surface area contributed by atoms with E-state index < -0.39 is 0 Å². The van der Waals surface area contributed by atoms with Crippen molar-refractivity contribution < 1.29 is 0 Å². The number of hydrogen-bond donors (Lipinski definition) is 2. The molecule has 0 fully saturated rings. The first-order valence-electron chi connectivity index (χ1n) is 9.99. The van der Waals surface area contributed by atoms with Crippen molar-refractivity contribution >= 4 is 5.96 Å². The molecule has 152 valence electrons. The Morgan fingerprint density at radius 1 is 1.14 bits per heavy atom. The molecule has 0 spiro atoms. The minimum atomic E-state index is 0.363. The zero-order valence-corrected chi connectivity index (χ0v) is 17.6. The van der Waals surface area contributed by atoms with Crippen molar-refractivity contribution in [1.29, 1.82) is 0 Å². The summed E-state index contributed by atoms with van der Waals surface area (Å²) < 4.78 is 0. The van der Waals surface area contributed by atoms with E-state index in [4.69, 9.17) is 0 Å². The van der Waals surface area contributed by atoms with E-state index in [1.807, 2.05) is 57.0 Å². The molecule has 0 saturated heterocycles. The molecular formula is C23H30N6. The first-order valence-corrected chi connectivity index (χ1v) is 9.99. The molecule has 3 aromatic rings. The Balaban J connectivity index is 1.62. The summed E-state index contributed by atoms with van der Waals surface area (Å²) in [5.74, 6) is 2.61. The molecule has 0 aliphatic heterocycles. The zero-order valence-electron chi connectivity index (χ0n) is 17.6. The number of hydrogen-bond acceptors (Lipinski definition) is 3. The van der Waals surface area contributed by atoms with E-state index >= 15 is 0 Å². The van der Waals surface area contributed by atoms with Gasteiger partial charge in [-0.2, -0.15) is 0 Å². The zero-order chi connectivity index (χ0) is 20.6. The van der Waals surface area contributed by atoms with Crippen molar-refractivity contribution in [3.8, 4) is 11.3 Å². The highest BCUT2D eigenvalue weighted by Gasteiger charge is 2.18. The fraction of sp³-hybridized carbons (Fsp3) is 0.348. The summed E-state index contributed by atoms with van der Waals surface area (Å²) in [6.45, 7) is 5.92. The Hall–Kier alpha value is -3.15. The van der Waals surface area contributed by atoms with Crippen LogP contribution in [0.2, 0.25) is 0 Å². The number of rotatable bonds is 7. The van der Waals surface area contributed by atoms with Crippen molar-refractivity contribution in [3.63, 3.8) is 0 Å². The van der Waals surface area contributed by atoms with Crippen LogP contribution in [0.5, 0.6) is 0 Å². The minimum absolute atomic E-state index is 0.363. The predicted molar refractivity (Wildman–Crippen MR) is 119 cm³/mol. The molecule has 29 heavy (non-hydrogen) atoms. The Bertz CT molecular complexity index is 901. The standard InChI is InChI=1S/C23H30N6/c1-17(2)20(19-11-8-12-25-13-19)14-27-23(24-3)29(4)16-22-26-15-21(28-22)18-9-6-5-7-10-18/h5-13,15,17,20H,14,16H2,1-4H3,(H,24,27)(H,26,28). The maximum absolute atomic E-state index is 4.53. The normalized spacial score (nSPS) is 12.8. The van der Waals surface area contributed by atoms with Crippen LogP contribution in [0.25, 0.3) is 11.3 Å². The lowest BCUT2D eigenvalue weighted by Gasteiger charge is -2.26. The molecular weight excluding hydrogens is 360 g/mol. The molecule has 6 heteroatoms. The summed E-state index contributed by atoms with van der Waals surface area (Å²) in [5.41, 5.74) is 3.40. The molecule has 0 saturated carbocycles. The van der Waals surface area contributed by atoms with Gasteiger partial charge in [0, 0.05) is 39.0 Å². The number of pyridine rings is 1. The van der Waals surface area contributed by atoms with Crippen LogP contribution in [-0.4, -0.2) is 46.5 Å². The number of H-pyrrole nitrogens is 1. The van der Waals surface area contributed by atoms with Crippen LogP contribution < -0.4 is 5.32 Å². The maximum atomic E-state index is 4.53. The Kier molecular flexibility index (Phi) is 7.00. The van der Waals surface area contributed by atoms with Crippen LogP contribution in [0.1, 0.15) is 31.2 Å². The lowest BCUT2D eigenvalue weighted by atomic mass is 9.89. The molecule has 0 aliphatic rings. The summed E-state index contributed by atoms with van der Waals surface area (Å²) in [5, 5.41) is 3.51. The topological polar surface area (TPSA) is 69.2 Å². The summed E-state index contributed by atoms with van der Waals surface area (Å²) in [7, 11) is 3.83. The van der Waals surface area contributed by atoms with E-state index in [2.05, 4.69) is 62.2 Å². The summed E-state index contributed by atoms with van der Waals surface area (Å²) in [6, 6.07) is 14.4. The van der Waals surface area contributed by atoms with E-state index in [0.717, 1.165) is 29.6 Å². The fourth-order valence-electron chi connectivity index (χ4n) is 3.43. The van der Waals surface area contributed by atoms with Crippen molar-refractivity contribution in [2.45, 2.75) is 26.3 Å². The van der Waals surface area contributed by atoms with Crippen molar-refractivity contribution in [2.75, 3.05) is 20.6 Å². The van der Waals surface area contributed by atoms with Gasteiger partial charge in [-0.1, -0.05) is 50.2 Å². The molecule has 0 amide bonds. The maximum Gasteiger partial charge on any atom is 0.193 e. The Morgan fingerprint density at radius 2 is 1.93 bits per heavy atom. The van der Waals surface area contributed by atoms with Gasteiger partial charge in [0.2, 0.25) is 0 Å². The van der Waals surface area contributed by atoms with Gasteiger partial charge in [-0.25, -0.2) is 4.98 Å². The van der Waals surface area contributed by atoms with Crippen LogP contribution in [0.15, 0.2) is 66.0 Å². The second-order valence-corrected chi connectivity index (χ2v) is 7.53. The first kappa shape index (κ1) is 20.6. The summed E-state index contributed by atoms with van der Waals surface area (Å²) in [6.07, 6.45) is 5.65. The highest BCUT2D eigenvalue weighted by Crippen LogP contribution is 2.23. The SMILES string of the molecule is CN=C(NCC(c1cccnc1)C(C)C)N(C)Cc1ncc(-c2ccccc2)[nH]1. The third-order valence-electron chi connectivity index (χ3n) is 5.07. The highest BCUT2D eigenvalue weighted by molar-refractivity contribution is 5.79. The molecule has 0 radical (unpaired) electrons. The smallest absolute Gasteiger partial charge is 0.193 e. The third kappa shape index (κ3) is 5.44. The molecule has 2 heterocycles. The Morgan fingerprint density at radius 3 is 2.59 bits per heavy atom. The van der Waals surface area contributed by atoms with E-state index in [0.29, 0.717) is 18.4 Å². The molecule has 0 bridgehead atoms. The fourth-order valence-corrected chi connectivity index (χ4v) is 3.43. The quantitative estimate of drug-likeness (QED) is 0.474. The lowest BCUT2D eigenvalue weighted by molar-refractivity contribution is 0.440. The monoisotopic (exact) mass is 390 g/mol. The van der Waals surface area contributed by atoms with Crippen molar-refractivity contribution in [1.82, 2.24) is 25.2 Å². The molecule has 2 aromatic heterocycles. The van der Waals surface area contributed by atoms with Gasteiger partial charge in [0.1, 0.15) is 5.82 Å². The predicted octanol–water partition coefficient (Wildman–Crippen LogP) is 3.92. The average Bonchev–Trinajstić information content (AvgIpc) is 3.20. The average molecular weight is 391 g/mol. The molecule has 0 aliphatic carbocycles. The number of aromatic nitrogens is 3. The van der Waals surface area contributed by atoms with Gasteiger partial charge in [-0.3, -0.25) is 9.98 Å². The van der Waals surface area contributed by atoms with E-state index in [1.165, 1.54) is 5.56 Å². The van der Waals surface area contributed by atoms with Crippen LogP contribution in [0, 0.1) is 5.92 Å². The van der Waals surface area contributed by atoms with Gasteiger partial charge >= 0.3 is 0 Å². The number of guanidine groups is 1. The van der Waals surface area contributed by atoms with Crippen LogP contribution in [0.4, 0.5) is 0 Å². The van der Waals surface area contributed by atoms with Crippen molar-refractivity contribution in [3.05, 3.63) is 72.4 Å². The van der Waals surface area contributed by atoms with E-state index in [1.54, 1.807) is 0 Å². The summed E-state index contributed by atoms with van der Waals surface area (Å²) >= 11 is 0.